The van der Waals surface area contributed by atoms with E-state index in [1.54, 1.807) is 0 Å². The fraction of sp³-hybridized carbons (Fsp3) is 0.200. The third kappa shape index (κ3) is 7.35. The van der Waals surface area contributed by atoms with Crippen LogP contribution in [0.3, 0.4) is 0 Å². The maximum atomic E-state index is 2.42. The summed E-state index contributed by atoms with van der Waals surface area (Å²) in [5.41, 5.74) is 11.4. The number of hydrogen-bond donors (Lipinski definition) is 0. The van der Waals surface area contributed by atoms with E-state index < -0.39 is 0 Å². The topological polar surface area (TPSA) is 0 Å². The lowest BCUT2D eigenvalue weighted by Gasteiger charge is -2.27. The first-order valence-corrected chi connectivity index (χ1v) is 16.7. The van der Waals surface area contributed by atoms with Crippen LogP contribution in [0.5, 0.6) is 0 Å². The van der Waals surface area contributed by atoms with Crippen LogP contribution >= 0.6 is 0 Å². The molecule has 0 spiro atoms. The van der Waals surface area contributed by atoms with Crippen LogP contribution in [0, 0.1) is 5.92 Å². The van der Waals surface area contributed by atoms with Crippen LogP contribution in [0.1, 0.15) is 67.7 Å². The minimum atomic E-state index is 0.307. The molecule has 0 nitrogen and oxygen atoms in total. The first-order valence-electron chi connectivity index (χ1n) is 16.7. The average molecular weight is 585 g/mol. The highest BCUT2D eigenvalue weighted by Gasteiger charge is 2.24. The van der Waals surface area contributed by atoms with Gasteiger partial charge in [-0.25, -0.2) is 0 Å². The Morgan fingerprint density at radius 2 is 1.13 bits per heavy atom. The second-order valence-electron chi connectivity index (χ2n) is 12.1. The van der Waals surface area contributed by atoms with Gasteiger partial charge in [-0.05, 0) is 106 Å². The largest absolute Gasteiger partial charge is 0.0842 e. The Morgan fingerprint density at radius 1 is 0.511 bits per heavy atom. The van der Waals surface area contributed by atoms with Gasteiger partial charge in [0.05, 0.1) is 0 Å². The highest BCUT2D eigenvalue weighted by Crippen LogP contribution is 2.44. The van der Waals surface area contributed by atoms with E-state index in [1.807, 2.05) is 0 Å². The molecule has 0 bridgehead atoms. The fourth-order valence-electron chi connectivity index (χ4n) is 6.86. The van der Waals surface area contributed by atoms with Gasteiger partial charge >= 0.3 is 0 Å². The van der Waals surface area contributed by atoms with E-state index in [2.05, 4.69) is 165 Å². The Hall–Kier alpha value is -4.68. The van der Waals surface area contributed by atoms with Gasteiger partial charge < -0.3 is 0 Å². The average Bonchev–Trinajstić information content (AvgIpc) is 3.08. The van der Waals surface area contributed by atoms with Crippen molar-refractivity contribution in [3.8, 4) is 0 Å². The molecule has 2 aromatic rings. The second-order valence-corrected chi connectivity index (χ2v) is 12.1. The zero-order valence-corrected chi connectivity index (χ0v) is 26.5. The molecule has 4 aliphatic rings. The second kappa shape index (κ2) is 15.4. The number of rotatable bonds is 3. The van der Waals surface area contributed by atoms with Gasteiger partial charge in [0.25, 0.3) is 0 Å². The minimum absolute atomic E-state index is 0.307. The first-order chi connectivity index (χ1) is 22.3. The molecule has 0 fully saturated rings. The lowest BCUT2D eigenvalue weighted by atomic mass is 9.76. The molecule has 0 aliphatic heterocycles. The van der Waals surface area contributed by atoms with Gasteiger partial charge in [0, 0.05) is 0 Å². The van der Waals surface area contributed by atoms with Crippen LogP contribution in [0.25, 0.3) is 28.0 Å². The Bertz CT molecular complexity index is 1810. The van der Waals surface area contributed by atoms with Crippen LogP contribution < -0.4 is 0 Å². The van der Waals surface area contributed by atoms with Crippen molar-refractivity contribution in [3.63, 3.8) is 0 Å². The van der Waals surface area contributed by atoms with Crippen LogP contribution in [-0.2, 0) is 6.42 Å². The Labute approximate surface area is 270 Å². The highest BCUT2D eigenvalue weighted by molar-refractivity contribution is 6.05. The van der Waals surface area contributed by atoms with Crippen molar-refractivity contribution >= 4 is 28.0 Å². The number of hydrogen-bond acceptors (Lipinski definition) is 0. The molecule has 1 unspecified atom stereocenters. The summed E-state index contributed by atoms with van der Waals surface area (Å²) in [5, 5.41) is 2.72. The molecular formula is C45H44. The van der Waals surface area contributed by atoms with Crippen molar-refractivity contribution in [2.75, 3.05) is 0 Å². The van der Waals surface area contributed by atoms with Crippen molar-refractivity contribution in [1.29, 1.82) is 0 Å². The summed E-state index contributed by atoms with van der Waals surface area (Å²) >= 11 is 0. The summed E-state index contributed by atoms with van der Waals surface area (Å²) < 4.78 is 0. The smallest absolute Gasteiger partial charge is 0.000106 e. The summed E-state index contributed by atoms with van der Waals surface area (Å²) in [6.07, 6.45) is 56.6. The molecule has 4 aliphatic carbocycles. The summed E-state index contributed by atoms with van der Waals surface area (Å²) in [6, 6.07) is 9.15. The minimum Gasteiger partial charge on any atom is -0.0842 e. The molecule has 0 N–H and O–H groups in total. The Morgan fingerprint density at radius 3 is 1.96 bits per heavy atom. The molecule has 0 saturated heterocycles. The summed E-state index contributed by atoms with van der Waals surface area (Å²) in [5.74, 6) is 0.307. The van der Waals surface area contributed by atoms with Crippen molar-refractivity contribution < 1.29 is 0 Å². The fourth-order valence-corrected chi connectivity index (χ4v) is 6.86. The third-order valence-corrected chi connectivity index (χ3v) is 9.10. The van der Waals surface area contributed by atoms with Gasteiger partial charge in [-0.2, -0.15) is 0 Å². The highest BCUT2D eigenvalue weighted by atomic mass is 14.3. The number of fused-ring (bicyclic) bond motifs is 2. The standard InChI is InChI=1S/C45H44/c1-35-23-13-7-5-6-10-18-28-39(35)45-42-31-21-19-29-40(42)44(41-30-20-22-32-43(41)45)38-27-17-12-11-16-26-37(33-34-38)36-24-14-8-3-2-4-9-15-25-36/h2-5,7-14,16-21,23-24,26-31,35H,6,15,22,25,32-34H2,1H3/b3-2-,7-5-,9-4+,14-8-,16-11-,17-12-,18-10-,23-13-,36-24+,37-26-,38-27-,39-28?. The van der Waals surface area contributed by atoms with Gasteiger partial charge in [-0.15, -0.1) is 0 Å². The lowest BCUT2D eigenvalue weighted by molar-refractivity contribution is 0.920. The van der Waals surface area contributed by atoms with Gasteiger partial charge in [-0.3, -0.25) is 0 Å². The van der Waals surface area contributed by atoms with Crippen LogP contribution in [-0.4, -0.2) is 0 Å². The normalized spacial score (nSPS) is 29.5. The Kier molecular flexibility index (Phi) is 10.4. The van der Waals surface area contributed by atoms with Gasteiger partial charge in [0.1, 0.15) is 0 Å². The van der Waals surface area contributed by atoms with Crippen molar-refractivity contribution in [1.82, 2.24) is 0 Å². The number of allylic oxidation sites excluding steroid dienone is 25. The van der Waals surface area contributed by atoms with E-state index >= 15 is 0 Å². The molecule has 0 heterocycles. The third-order valence-electron chi connectivity index (χ3n) is 9.10. The van der Waals surface area contributed by atoms with E-state index in [0.29, 0.717) is 5.92 Å². The van der Waals surface area contributed by atoms with Gasteiger partial charge in [0.2, 0.25) is 0 Å². The van der Waals surface area contributed by atoms with E-state index in [1.165, 1.54) is 55.3 Å². The van der Waals surface area contributed by atoms with Crippen LogP contribution in [0.2, 0.25) is 0 Å². The zero-order chi connectivity index (χ0) is 30.7. The molecule has 0 heteroatoms. The monoisotopic (exact) mass is 584 g/mol. The lowest BCUT2D eigenvalue weighted by Crippen LogP contribution is -2.09. The van der Waals surface area contributed by atoms with Gasteiger partial charge in [-0.1, -0.05) is 165 Å². The molecule has 1 atom stereocenters. The maximum absolute atomic E-state index is 2.42. The molecule has 0 radical (unpaired) electrons. The van der Waals surface area contributed by atoms with E-state index in [0.717, 1.165) is 44.9 Å². The molecule has 2 aromatic carbocycles. The van der Waals surface area contributed by atoms with E-state index in [4.69, 9.17) is 0 Å². The van der Waals surface area contributed by atoms with E-state index in [9.17, 15) is 0 Å². The summed E-state index contributed by atoms with van der Waals surface area (Å²) in [6.45, 7) is 2.34. The SMILES string of the molecule is CC1/C=C\C=C/C/C=C\C=C1c1c2c(c(\C3=C/C=C\C=C/C=C(\C4=C\C=C/C=C\C=C\CC4)CC3)c3ccccc13)C=CCC2. The molecule has 0 saturated carbocycles. The quantitative estimate of drug-likeness (QED) is 0.337. The predicted octanol–water partition coefficient (Wildman–Crippen LogP) is 12.5. The van der Waals surface area contributed by atoms with Crippen LogP contribution in [0.15, 0.2) is 163 Å². The molecule has 0 amide bonds. The van der Waals surface area contributed by atoms with Crippen molar-refractivity contribution in [2.24, 2.45) is 5.92 Å². The molecule has 45 heavy (non-hydrogen) atoms. The molecular weight excluding hydrogens is 540 g/mol. The molecule has 224 valence electrons. The number of benzene rings is 2. The summed E-state index contributed by atoms with van der Waals surface area (Å²) in [7, 11) is 0. The summed E-state index contributed by atoms with van der Waals surface area (Å²) in [4.78, 5) is 0. The zero-order valence-electron chi connectivity index (χ0n) is 26.5. The van der Waals surface area contributed by atoms with Crippen molar-refractivity contribution in [2.45, 2.75) is 51.9 Å². The van der Waals surface area contributed by atoms with Gasteiger partial charge in [0.15, 0.2) is 0 Å². The Balaban J connectivity index is 1.48. The van der Waals surface area contributed by atoms with Crippen molar-refractivity contribution in [3.05, 3.63) is 185 Å². The first kappa shape index (κ1) is 30.4. The maximum Gasteiger partial charge on any atom is -0.000106 e. The predicted molar refractivity (Wildman–Crippen MR) is 199 cm³/mol. The van der Waals surface area contributed by atoms with Crippen LogP contribution in [0.4, 0.5) is 0 Å². The molecule has 0 aromatic heterocycles. The van der Waals surface area contributed by atoms with E-state index in [-0.39, 0.29) is 0 Å². The molecule has 6 rings (SSSR count).